The van der Waals surface area contributed by atoms with E-state index in [2.05, 4.69) is 20.8 Å². The normalized spacial score (nSPS) is 14.7. The summed E-state index contributed by atoms with van der Waals surface area (Å²) in [6.45, 7) is 1.72. The number of carbonyl (C=O) groups excluding carboxylic acids is 2. The first-order valence-corrected chi connectivity index (χ1v) is 11.5. The highest BCUT2D eigenvalue weighted by molar-refractivity contribution is 5.97. The Labute approximate surface area is 193 Å². The molecule has 33 heavy (non-hydrogen) atoms. The highest BCUT2D eigenvalue weighted by Crippen LogP contribution is 2.24. The molecule has 3 aromatic rings. The molecule has 0 aliphatic heterocycles. The molecule has 2 amide bonds. The number of hydrogen-bond acceptors (Lipinski definition) is 4. The number of hydrogen-bond donors (Lipinski definition) is 4. The summed E-state index contributed by atoms with van der Waals surface area (Å²) in [5, 5.41) is 22.8. The quantitative estimate of drug-likeness (QED) is 0.422. The third kappa shape index (κ3) is 5.31. The largest absolute Gasteiger partial charge is 0.394 e. The fraction of sp³-hybridized carbons (Fsp3) is 0.346. The van der Waals surface area contributed by atoms with Crippen LogP contribution in [0.15, 0.2) is 54.9 Å². The third-order valence-corrected chi connectivity index (χ3v) is 6.30. The second-order valence-electron chi connectivity index (χ2n) is 8.50. The maximum absolute atomic E-state index is 13.2. The van der Waals surface area contributed by atoms with Crippen LogP contribution in [0.5, 0.6) is 0 Å². The summed E-state index contributed by atoms with van der Waals surface area (Å²) in [4.78, 5) is 25.9. The van der Waals surface area contributed by atoms with Gasteiger partial charge < -0.3 is 15.7 Å². The Bertz CT molecular complexity index is 1100. The number of benzene rings is 2. The minimum Gasteiger partial charge on any atom is -0.394 e. The number of nitrogens with zero attached hydrogens (tertiary/aromatic N) is 1. The molecule has 1 fully saturated rings. The number of aliphatic hydroxyl groups is 1. The maximum Gasteiger partial charge on any atom is 0.252 e. The van der Waals surface area contributed by atoms with Crippen LogP contribution in [-0.2, 0) is 6.42 Å². The number of aromatic amines is 1. The fourth-order valence-corrected chi connectivity index (χ4v) is 4.39. The van der Waals surface area contributed by atoms with Crippen LogP contribution in [0.1, 0.15) is 70.5 Å². The smallest absolute Gasteiger partial charge is 0.252 e. The lowest BCUT2D eigenvalue weighted by atomic mass is 9.98. The first-order valence-electron chi connectivity index (χ1n) is 11.5. The summed E-state index contributed by atoms with van der Waals surface area (Å²) < 4.78 is 0. The zero-order valence-corrected chi connectivity index (χ0v) is 18.8. The average molecular weight is 447 g/mol. The molecule has 1 atom stereocenters. The Hall–Kier alpha value is -3.45. The van der Waals surface area contributed by atoms with Gasteiger partial charge in [-0.2, -0.15) is 5.10 Å². The lowest BCUT2D eigenvalue weighted by Crippen LogP contribution is -2.33. The van der Waals surface area contributed by atoms with Crippen LogP contribution in [-0.4, -0.2) is 39.8 Å². The van der Waals surface area contributed by atoms with Crippen molar-refractivity contribution in [2.24, 2.45) is 0 Å². The van der Waals surface area contributed by atoms with Crippen molar-refractivity contribution in [2.75, 3.05) is 6.61 Å². The van der Waals surface area contributed by atoms with E-state index < -0.39 is 6.04 Å². The summed E-state index contributed by atoms with van der Waals surface area (Å²) >= 11 is 0. The molecule has 0 saturated heterocycles. The minimum absolute atomic E-state index is 0.118. The van der Waals surface area contributed by atoms with Crippen LogP contribution >= 0.6 is 0 Å². The number of amides is 2. The summed E-state index contributed by atoms with van der Waals surface area (Å²) in [5.41, 5.74) is 4.48. The Morgan fingerprint density at radius 3 is 2.64 bits per heavy atom. The van der Waals surface area contributed by atoms with Crippen LogP contribution in [0, 0.1) is 0 Å². The van der Waals surface area contributed by atoms with E-state index in [4.69, 9.17) is 0 Å². The monoisotopic (exact) mass is 446 g/mol. The zero-order chi connectivity index (χ0) is 23.2. The van der Waals surface area contributed by atoms with Crippen molar-refractivity contribution in [1.29, 1.82) is 0 Å². The molecule has 1 saturated carbocycles. The third-order valence-electron chi connectivity index (χ3n) is 6.30. The van der Waals surface area contributed by atoms with Gasteiger partial charge in [0.15, 0.2) is 0 Å². The molecule has 1 aromatic heterocycles. The molecule has 2 aromatic carbocycles. The highest BCUT2D eigenvalue weighted by atomic mass is 16.3. The second kappa shape index (κ2) is 10.4. The number of H-pyrrole nitrogens is 1. The van der Waals surface area contributed by atoms with Crippen molar-refractivity contribution in [3.05, 3.63) is 77.1 Å². The van der Waals surface area contributed by atoms with Crippen molar-refractivity contribution in [2.45, 2.75) is 51.1 Å². The predicted molar refractivity (Wildman–Crippen MR) is 127 cm³/mol. The lowest BCUT2D eigenvalue weighted by molar-refractivity contribution is 0.0914. The average Bonchev–Trinajstić information content (AvgIpc) is 3.56. The van der Waals surface area contributed by atoms with E-state index in [0.717, 1.165) is 42.4 Å². The van der Waals surface area contributed by atoms with Gasteiger partial charge in [-0.15, -0.1) is 0 Å². The van der Waals surface area contributed by atoms with E-state index in [1.54, 1.807) is 30.6 Å². The lowest BCUT2D eigenvalue weighted by Gasteiger charge is -2.19. The molecule has 1 aliphatic carbocycles. The van der Waals surface area contributed by atoms with Crippen LogP contribution in [0.3, 0.4) is 0 Å². The minimum atomic E-state index is -0.626. The van der Waals surface area contributed by atoms with Gasteiger partial charge in [0.2, 0.25) is 0 Å². The summed E-state index contributed by atoms with van der Waals surface area (Å²) in [6, 6.07) is 12.5. The predicted octanol–water partition coefficient (Wildman–Crippen LogP) is 3.77. The number of aryl methyl sites for hydroxylation is 1. The van der Waals surface area contributed by atoms with E-state index >= 15 is 0 Å². The van der Waals surface area contributed by atoms with Crippen molar-refractivity contribution in [1.82, 2.24) is 20.8 Å². The molecule has 0 unspecified atom stereocenters. The molecule has 0 bridgehead atoms. The molecule has 4 rings (SSSR count). The molecule has 7 nitrogen and oxygen atoms in total. The van der Waals surface area contributed by atoms with E-state index in [1.807, 2.05) is 31.2 Å². The van der Waals surface area contributed by atoms with E-state index in [-0.39, 0.29) is 24.5 Å². The first kappa shape index (κ1) is 22.7. The van der Waals surface area contributed by atoms with Crippen LogP contribution in [0.4, 0.5) is 0 Å². The standard InChI is InChI=1S/C26H30N4O3/c1-2-17-10-11-18(21-14-27-28-15-21)13-23(17)26(33)30-24(16-31)19-6-5-7-20(12-19)25(32)29-22-8-3-4-9-22/h5-7,10-15,22,24,31H,2-4,8-9,16H2,1H3,(H,27,28)(H,29,32)(H,30,33)/t24-/m1/s1. The number of rotatable bonds is 8. The second-order valence-corrected chi connectivity index (χ2v) is 8.50. The molecular weight excluding hydrogens is 416 g/mol. The molecule has 0 spiro atoms. The summed E-state index contributed by atoms with van der Waals surface area (Å²) in [7, 11) is 0. The molecular formula is C26H30N4O3. The zero-order valence-electron chi connectivity index (χ0n) is 18.8. The summed E-state index contributed by atoms with van der Waals surface area (Å²) in [6.07, 6.45) is 8.50. The fourth-order valence-electron chi connectivity index (χ4n) is 4.39. The molecule has 4 N–H and O–H groups in total. The van der Waals surface area contributed by atoms with Crippen LogP contribution in [0.2, 0.25) is 0 Å². The summed E-state index contributed by atoms with van der Waals surface area (Å²) in [5.74, 6) is -0.384. The Balaban J connectivity index is 1.52. The van der Waals surface area contributed by atoms with Gasteiger partial charge in [0.1, 0.15) is 0 Å². The Kier molecular flexibility index (Phi) is 7.19. The van der Waals surface area contributed by atoms with E-state index in [1.165, 1.54) is 0 Å². The van der Waals surface area contributed by atoms with Gasteiger partial charge in [-0.25, -0.2) is 0 Å². The molecule has 1 heterocycles. The van der Waals surface area contributed by atoms with Gasteiger partial charge in [-0.1, -0.05) is 44.0 Å². The van der Waals surface area contributed by atoms with Crippen LogP contribution in [0.25, 0.3) is 11.1 Å². The number of carbonyl (C=O) groups is 2. The topological polar surface area (TPSA) is 107 Å². The molecule has 1 aliphatic rings. The van der Waals surface area contributed by atoms with Gasteiger partial charge in [-0.05, 0) is 54.2 Å². The number of aromatic nitrogens is 2. The van der Waals surface area contributed by atoms with Gasteiger partial charge in [0.05, 0.1) is 18.8 Å². The number of aliphatic hydroxyl groups excluding tert-OH is 1. The van der Waals surface area contributed by atoms with Crippen molar-refractivity contribution in [3.63, 3.8) is 0 Å². The SMILES string of the molecule is CCc1ccc(-c2cn[nH]c2)cc1C(=O)N[C@H](CO)c1cccc(C(=O)NC2CCCC2)c1. The van der Waals surface area contributed by atoms with Gasteiger partial charge >= 0.3 is 0 Å². The van der Waals surface area contributed by atoms with Gasteiger partial charge in [-0.3, -0.25) is 14.7 Å². The molecule has 0 radical (unpaired) electrons. The maximum atomic E-state index is 13.2. The molecule has 172 valence electrons. The Morgan fingerprint density at radius 1 is 1.12 bits per heavy atom. The van der Waals surface area contributed by atoms with Crippen molar-refractivity contribution in [3.8, 4) is 11.1 Å². The highest BCUT2D eigenvalue weighted by Gasteiger charge is 2.21. The first-order chi connectivity index (χ1) is 16.1. The molecule has 7 heteroatoms. The van der Waals surface area contributed by atoms with Gasteiger partial charge in [0, 0.05) is 28.9 Å². The van der Waals surface area contributed by atoms with E-state index in [0.29, 0.717) is 23.1 Å². The number of nitrogens with one attached hydrogen (secondary N) is 3. The van der Waals surface area contributed by atoms with Crippen molar-refractivity contribution >= 4 is 11.8 Å². The Morgan fingerprint density at radius 2 is 1.94 bits per heavy atom. The van der Waals surface area contributed by atoms with Gasteiger partial charge in [0.25, 0.3) is 11.8 Å². The van der Waals surface area contributed by atoms with Crippen molar-refractivity contribution < 1.29 is 14.7 Å². The van der Waals surface area contributed by atoms with Crippen LogP contribution < -0.4 is 10.6 Å². The van der Waals surface area contributed by atoms with E-state index in [9.17, 15) is 14.7 Å².